The molecule has 2 atom stereocenters. The number of imidazole rings is 1. The maximum absolute atomic E-state index is 13.2. The van der Waals surface area contributed by atoms with Crippen molar-refractivity contribution in [3.05, 3.63) is 65.0 Å². The average molecular weight is 456 g/mol. The monoisotopic (exact) mass is 455 g/mol. The van der Waals surface area contributed by atoms with Crippen LogP contribution >= 0.6 is 0 Å². The minimum atomic E-state index is -1.89. The Bertz CT molecular complexity index is 1290. The van der Waals surface area contributed by atoms with Crippen LogP contribution in [0.2, 0.25) is 16.6 Å². The van der Waals surface area contributed by atoms with E-state index in [1.54, 1.807) is 0 Å². The van der Waals surface area contributed by atoms with E-state index in [4.69, 9.17) is 4.98 Å². The summed E-state index contributed by atoms with van der Waals surface area (Å²) in [5.74, 6) is 4.60. The van der Waals surface area contributed by atoms with Crippen LogP contribution in [0.1, 0.15) is 87.4 Å². The van der Waals surface area contributed by atoms with Gasteiger partial charge in [-0.05, 0) is 47.3 Å². The summed E-state index contributed by atoms with van der Waals surface area (Å²) in [4.78, 5) is 18.1. The molecule has 33 heavy (non-hydrogen) atoms. The fourth-order valence-corrected chi connectivity index (χ4v) is 11.7. The van der Waals surface area contributed by atoms with E-state index in [0.717, 1.165) is 40.0 Å². The molecule has 0 fully saturated rings. The van der Waals surface area contributed by atoms with Crippen molar-refractivity contribution in [2.24, 2.45) is 0 Å². The van der Waals surface area contributed by atoms with Crippen molar-refractivity contribution < 1.29 is 4.79 Å². The van der Waals surface area contributed by atoms with Crippen LogP contribution in [-0.4, -0.2) is 23.5 Å². The summed E-state index contributed by atoms with van der Waals surface area (Å²) in [5, 5.41) is 3.24. The number of rotatable bonds is 3. The zero-order chi connectivity index (χ0) is 23.5. The first kappa shape index (κ1) is 22.0. The van der Waals surface area contributed by atoms with Crippen molar-refractivity contribution in [1.82, 2.24) is 14.9 Å². The third kappa shape index (κ3) is 3.19. The van der Waals surface area contributed by atoms with Gasteiger partial charge in [0, 0.05) is 16.7 Å². The lowest BCUT2D eigenvalue weighted by molar-refractivity contribution is 0.0938. The Kier molecular flexibility index (Phi) is 5.25. The van der Waals surface area contributed by atoms with E-state index in [9.17, 15) is 4.79 Å². The molecule has 2 aliphatic rings. The van der Waals surface area contributed by atoms with Crippen LogP contribution < -0.4 is 5.32 Å². The summed E-state index contributed by atoms with van der Waals surface area (Å²) in [7, 11) is -1.89. The molecular weight excluding hydrogens is 422 g/mol. The molecular formula is C28H33N3OSi. The standard InChI is InChI=1S/C28H33N3OSi/c1-17(2)33(18(3)4,19(5)6)15-14-20-10-9-11-21-26(20)25-16-23(30-28(21)32)27-29-22-12-7-8-13-24(22)31(25)27/h7-13,17-19,23,25H,16H2,1-6H3,(H,30,32). The normalized spacial score (nSPS) is 19.4. The van der Waals surface area contributed by atoms with Gasteiger partial charge in [-0.2, -0.15) is 0 Å². The van der Waals surface area contributed by atoms with Crippen LogP contribution in [0.25, 0.3) is 11.0 Å². The molecule has 1 N–H and O–H groups in total. The number of amides is 1. The molecule has 2 aromatic carbocycles. The van der Waals surface area contributed by atoms with Crippen molar-refractivity contribution in [2.45, 2.75) is 76.7 Å². The summed E-state index contributed by atoms with van der Waals surface area (Å²) in [5.41, 5.74) is 10.5. The molecule has 2 unspecified atom stereocenters. The fourth-order valence-electron chi connectivity index (χ4n) is 6.52. The van der Waals surface area contributed by atoms with Crippen molar-refractivity contribution in [1.29, 1.82) is 0 Å². The minimum Gasteiger partial charge on any atom is -0.342 e. The van der Waals surface area contributed by atoms with Crippen molar-refractivity contribution in [3.63, 3.8) is 0 Å². The number of fused-ring (bicyclic) bond motifs is 9. The minimum absolute atomic E-state index is 0.0143. The molecule has 3 aromatic rings. The summed E-state index contributed by atoms with van der Waals surface area (Å²) >= 11 is 0. The van der Waals surface area contributed by atoms with Crippen molar-refractivity contribution >= 4 is 25.0 Å². The Morgan fingerprint density at radius 3 is 2.39 bits per heavy atom. The van der Waals surface area contributed by atoms with E-state index < -0.39 is 8.07 Å². The Labute approximate surface area is 197 Å². The number of hydrogen-bond donors (Lipinski definition) is 1. The topological polar surface area (TPSA) is 46.9 Å². The Hall–Kier alpha value is -2.84. The van der Waals surface area contributed by atoms with Gasteiger partial charge in [0.15, 0.2) is 0 Å². The van der Waals surface area contributed by atoms with E-state index in [2.05, 4.69) is 87.2 Å². The van der Waals surface area contributed by atoms with E-state index in [1.807, 2.05) is 18.2 Å². The zero-order valence-corrected chi connectivity index (χ0v) is 21.4. The molecule has 0 radical (unpaired) electrons. The molecule has 5 heteroatoms. The second-order valence-corrected chi connectivity index (χ2v) is 16.1. The fraction of sp³-hybridized carbons (Fsp3) is 0.429. The Balaban J connectivity index is 1.73. The van der Waals surface area contributed by atoms with Crippen molar-refractivity contribution in [2.75, 3.05) is 0 Å². The molecule has 1 amide bonds. The lowest BCUT2D eigenvalue weighted by Crippen LogP contribution is -2.43. The van der Waals surface area contributed by atoms with Gasteiger partial charge in [-0.1, -0.05) is 65.7 Å². The second-order valence-electron chi connectivity index (χ2n) is 10.5. The van der Waals surface area contributed by atoms with Gasteiger partial charge in [0.1, 0.15) is 13.9 Å². The van der Waals surface area contributed by atoms with Gasteiger partial charge in [-0.3, -0.25) is 4.79 Å². The first-order valence-electron chi connectivity index (χ1n) is 12.2. The Morgan fingerprint density at radius 2 is 1.70 bits per heavy atom. The van der Waals surface area contributed by atoms with Gasteiger partial charge in [0.05, 0.1) is 23.1 Å². The van der Waals surface area contributed by atoms with Crippen LogP contribution in [0, 0.1) is 11.5 Å². The van der Waals surface area contributed by atoms with E-state index >= 15 is 0 Å². The highest BCUT2D eigenvalue weighted by molar-refractivity contribution is 6.90. The van der Waals surface area contributed by atoms with E-state index in [0.29, 0.717) is 16.6 Å². The highest BCUT2D eigenvalue weighted by Gasteiger charge is 2.43. The number of para-hydroxylation sites is 2. The first-order valence-corrected chi connectivity index (χ1v) is 14.4. The van der Waals surface area contributed by atoms with Crippen LogP contribution in [0.5, 0.6) is 0 Å². The second kappa shape index (κ2) is 7.88. The van der Waals surface area contributed by atoms with E-state index in [-0.39, 0.29) is 18.0 Å². The third-order valence-corrected chi connectivity index (χ3v) is 14.3. The maximum Gasteiger partial charge on any atom is 0.252 e. The van der Waals surface area contributed by atoms with Crippen LogP contribution in [0.3, 0.4) is 0 Å². The number of carbonyl (C=O) groups excluding carboxylic acids is 1. The van der Waals surface area contributed by atoms with Gasteiger partial charge in [-0.25, -0.2) is 4.98 Å². The maximum atomic E-state index is 13.2. The largest absolute Gasteiger partial charge is 0.342 e. The van der Waals surface area contributed by atoms with Gasteiger partial charge < -0.3 is 9.88 Å². The molecule has 5 rings (SSSR count). The summed E-state index contributed by atoms with van der Waals surface area (Å²) in [6.45, 7) is 14.0. The molecule has 4 nitrogen and oxygen atoms in total. The first-order chi connectivity index (χ1) is 15.8. The number of hydrogen-bond acceptors (Lipinski definition) is 2. The Morgan fingerprint density at radius 1 is 1.00 bits per heavy atom. The van der Waals surface area contributed by atoms with E-state index in [1.165, 1.54) is 0 Å². The highest BCUT2D eigenvalue weighted by atomic mass is 28.3. The molecule has 0 saturated carbocycles. The van der Waals surface area contributed by atoms with Crippen LogP contribution in [0.4, 0.5) is 0 Å². The zero-order valence-electron chi connectivity index (χ0n) is 20.4. The van der Waals surface area contributed by atoms with Crippen LogP contribution in [-0.2, 0) is 0 Å². The lowest BCUT2D eigenvalue weighted by atomic mass is 9.94. The number of nitrogens with one attached hydrogen (secondary N) is 1. The van der Waals surface area contributed by atoms with Gasteiger partial charge in [-0.15, -0.1) is 5.54 Å². The molecule has 0 spiro atoms. The SMILES string of the molecule is CC(C)[Si](C#Cc1cccc2c1C1CC(NC2=O)c2nc3ccccc3n21)(C(C)C)C(C)C. The van der Waals surface area contributed by atoms with Gasteiger partial charge >= 0.3 is 0 Å². The quantitative estimate of drug-likeness (QED) is 0.368. The molecule has 0 saturated heterocycles. The number of benzene rings is 2. The number of nitrogens with zero attached hydrogens (tertiary/aromatic N) is 2. The molecule has 2 aliphatic heterocycles. The number of carbonyl (C=O) groups is 1. The lowest BCUT2D eigenvalue weighted by Gasteiger charge is -2.38. The summed E-state index contributed by atoms with van der Waals surface area (Å²) in [6, 6.07) is 14.3. The summed E-state index contributed by atoms with van der Waals surface area (Å²) in [6.07, 6.45) is 0.825. The molecule has 1 aromatic heterocycles. The van der Waals surface area contributed by atoms with Gasteiger partial charge in [0.25, 0.3) is 5.91 Å². The van der Waals surface area contributed by atoms with Crippen molar-refractivity contribution in [3.8, 4) is 11.5 Å². The molecule has 2 bridgehead atoms. The highest BCUT2D eigenvalue weighted by Crippen LogP contribution is 2.45. The van der Waals surface area contributed by atoms with Crippen LogP contribution in [0.15, 0.2) is 42.5 Å². The smallest absolute Gasteiger partial charge is 0.252 e. The molecule has 3 heterocycles. The third-order valence-electron chi connectivity index (χ3n) is 7.97. The van der Waals surface area contributed by atoms with Gasteiger partial charge in [0.2, 0.25) is 0 Å². The number of aromatic nitrogens is 2. The molecule has 0 aliphatic carbocycles. The molecule has 170 valence electrons. The average Bonchev–Trinajstić information content (AvgIpc) is 3.26. The predicted molar refractivity (Wildman–Crippen MR) is 137 cm³/mol. The predicted octanol–water partition coefficient (Wildman–Crippen LogP) is 6.38. The summed E-state index contributed by atoms with van der Waals surface area (Å²) < 4.78 is 2.33.